The third kappa shape index (κ3) is 2.40. The van der Waals surface area contributed by atoms with E-state index in [4.69, 9.17) is 4.74 Å². The molecule has 0 bridgehead atoms. The smallest absolute Gasteiger partial charge is 0.119 e. The fraction of sp³-hybridized carbons (Fsp3) is 1.00. The third-order valence-corrected chi connectivity index (χ3v) is 3.48. The van der Waals surface area contributed by atoms with Crippen LogP contribution in [-0.4, -0.2) is 43.9 Å². The van der Waals surface area contributed by atoms with E-state index in [9.17, 15) is 0 Å². The summed E-state index contributed by atoms with van der Waals surface area (Å²) >= 11 is 0. The van der Waals surface area contributed by atoms with Crippen LogP contribution in [0.15, 0.2) is 0 Å². The van der Waals surface area contributed by atoms with Crippen LogP contribution < -0.4 is 5.32 Å². The Morgan fingerprint density at radius 1 is 1.36 bits per heavy atom. The molecule has 2 rings (SSSR count). The fourth-order valence-corrected chi connectivity index (χ4v) is 2.43. The van der Waals surface area contributed by atoms with E-state index in [2.05, 4.69) is 24.2 Å². The van der Waals surface area contributed by atoms with Gasteiger partial charge in [-0.3, -0.25) is 5.32 Å². The molecule has 1 atom stereocenters. The zero-order valence-electron chi connectivity index (χ0n) is 9.08. The quantitative estimate of drug-likeness (QED) is 0.716. The van der Waals surface area contributed by atoms with Crippen molar-refractivity contribution in [2.75, 3.05) is 33.3 Å². The van der Waals surface area contributed by atoms with Gasteiger partial charge in [-0.1, -0.05) is 0 Å². The summed E-state index contributed by atoms with van der Waals surface area (Å²) in [5.41, 5.74) is -0.0265. The van der Waals surface area contributed by atoms with Crippen LogP contribution in [0.2, 0.25) is 0 Å². The van der Waals surface area contributed by atoms with Crippen LogP contribution in [0.3, 0.4) is 0 Å². The van der Waals surface area contributed by atoms with E-state index < -0.39 is 0 Å². The average Bonchev–Trinajstić information content (AvgIpc) is 2.54. The number of likely N-dealkylation sites (tertiary alicyclic amines) is 1. The Kier molecular flexibility index (Phi) is 4.19. The first-order valence-electron chi connectivity index (χ1n) is 5.28. The van der Waals surface area contributed by atoms with Crippen molar-refractivity contribution in [3.63, 3.8) is 0 Å². The molecule has 4 heteroatoms. The predicted octanol–water partition coefficient (Wildman–Crippen LogP) is 1.09. The van der Waals surface area contributed by atoms with E-state index in [1.54, 1.807) is 0 Å². The Bertz CT molecular complexity index is 175. The molecule has 3 nitrogen and oxygen atoms in total. The molecule has 0 aromatic carbocycles. The summed E-state index contributed by atoms with van der Waals surface area (Å²) in [4.78, 5) is 2.40. The lowest BCUT2D eigenvalue weighted by Crippen LogP contribution is -2.49. The highest BCUT2D eigenvalue weighted by Crippen LogP contribution is 2.30. The van der Waals surface area contributed by atoms with Crippen LogP contribution >= 0.6 is 12.4 Å². The van der Waals surface area contributed by atoms with E-state index in [0.717, 1.165) is 13.2 Å². The normalized spacial score (nSPS) is 35.6. The Hall–Kier alpha value is 0.170. The molecule has 2 fully saturated rings. The summed E-state index contributed by atoms with van der Waals surface area (Å²) in [7, 11) is 2.20. The summed E-state index contributed by atoms with van der Waals surface area (Å²) in [5, 5.41) is 3.48. The second kappa shape index (κ2) is 4.79. The summed E-state index contributed by atoms with van der Waals surface area (Å²) < 4.78 is 5.79. The number of piperidine rings is 1. The van der Waals surface area contributed by atoms with Gasteiger partial charge in [-0.25, -0.2) is 0 Å². The number of halogens is 1. The summed E-state index contributed by atoms with van der Waals surface area (Å²) in [6, 6.07) is 0. The van der Waals surface area contributed by atoms with Gasteiger partial charge in [-0.2, -0.15) is 0 Å². The van der Waals surface area contributed by atoms with Gasteiger partial charge < -0.3 is 9.64 Å². The number of hydrogen-bond donors (Lipinski definition) is 1. The van der Waals surface area contributed by atoms with Gasteiger partial charge >= 0.3 is 0 Å². The minimum absolute atomic E-state index is 0. The van der Waals surface area contributed by atoms with E-state index >= 15 is 0 Å². The Morgan fingerprint density at radius 2 is 2.00 bits per heavy atom. The van der Waals surface area contributed by atoms with E-state index in [0.29, 0.717) is 5.92 Å². The molecule has 0 aromatic rings. The van der Waals surface area contributed by atoms with Crippen LogP contribution in [-0.2, 0) is 4.74 Å². The lowest BCUT2D eigenvalue weighted by Gasteiger charge is -2.38. The maximum Gasteiger partial charge on any atom is 0.119 e. The van der Waals surface area contributed by atoms with Crippen molar-refractivity contribution in [1.82, 2.24) is 10.2 Å². The number of rotatable bonds is 1. The topological polar surface area (TPSA) is 24.5 Å². The van der Waals surface area contributed by atoms with Crippen LogP contribution in [0.1, 0.15) is 19.8 Å². The molecule has 0 spiro atoms. The minimum Gasteiger partial charge on any atom is -0.359 e. The van der Waals surface area contributed by atoms with Crippen LogP contribution in [0.5, 0.6) is 0 Å². The highest BCUT2D eigenvalue weighted by molar-refractivity contribution is 5.85. The maximum absolute atomic E-state index is 5.79. The van der Waals surface area contributed by atoms with E-state index in [-0.39, 0.29) is 18.1 Å². The Morgan fingerprint density at radius 3 is 2.50 bits per heavy atom. The Balaban J connectivity index is 0.000000980. The highest BCUT2D eigenvalue weighted by atomic mass is 35.5. The van der Waals surface area contributed by atoms with Crippen molar-refractivity contribution >= 4 is 12.4 Å². The lowest BCUT2D eigenvalue weighted by atomic mass is 9.88. The molecule has 14 heavy (non-hydrogen) atoms. The number of hydrogen-bond acceptors (Lipinski definition) is 3. The van der Waals surface area contributed by atoms with Gasteiger partial charge in [0.2, 0.25) is 0 Å². The van der Waals surface area contributed by atoms with Crippen LogP contribution in [0, 0.1) is 5.92 Å². The van der Waals surface area contributed by atoms with Gasteiger partial charge in [0.25, 0.3) is 0 Å². The number of nitrogens with one attached hydrogen (secondary N) is 1. The molecule has 2 heterocycles. The van der Waals surface area contributed by atoms with Gasteiger partial charge in [0, 0.05) is 12.5 Å². The summed E-state index contributed by atoms with van der Waals surface area (Å²) in [6.07, 6.45) is 2.53. The maximum atomic E-state index is 5.79. The molecular weight excluding hydrogens is 200 g/mol. The lowest BCUT2D eigenvalue weighted by molar-refractivity contribution is -0.0604. The molecule has 0 saturated carbocycles. The van der Waals surface area contributed by atoms with Gasteiger partial charge in [0.05, 0.1) is 6.61 Å². The van der Waals surface area contributed by atoms with Gasteiger partial charge in [-0.05, 0) is 39.9 Å². The Labute approximate surface area is 92.6 Å². The monoisotopic (exact) mass is 220 g/mol. The highest BCUT2D eigenvalue weighted by Gasteiger charge is 2.38. The van der Waals surface area contributed by atoms with Gasteiger partial charge in [0.15, 0.2) is 0 Å². The SMILES string of the molecule is CN1CCC(C2(C)NCCO2)CC1.Cl. The first kappa shape index (κ1) is 12.2. The molecule has 1 unspecified atom stereocenters. The van der Waals surface area contributed by atoms with Crippen molar-refractivity contribution in [2.24, 2.45) is 5.92 Å². The zero-order chi connectivity index (χ0) is 9.31. The standard InChI is InChI=1S/C10H20N2O.ClH/c1-10(11-5-8-13-10)9-3-6-12(2)7-4-9;/h9,11H,3-8H2,1-2H3;1H. The third-order valence-electron chi connectivity index (χ3n) is 3.48. The molecule has 2 aliphatic rings. The minimum atomic E-state index is -0.0265. The molecular formula is C10H21ClN2O. The van der Waals surface area contributed by atoms with Crippen molar-refractivity contribution in [3.8, 4) is 0 Å². The first-order valence-corrected chi connectivity index (χ1v) is 5.28. The first-order chi connectivity index (χ1) is 6.21. The molecule has 0 amide bonds. The molecule has 2 saturated heterocycles. The number of nitrogens with zero attached hydrogens (tertiary/aromatic N) is 1. The van der Waals surface area contributed by atoms with Crippen molar-refractivity contribution < 1.29 is 4.74 Å². The second-order valence-electron chi connectivity index (χ2n) is 4.46. The van der Waals surface area contributed by atoms with Crippen molar-refractivity contribution in [3.05, 3.63) is 0 Å². The summed E-state index contributed by atoms with van der Waals surface area (Å²) in [6.45, 7) is 6.53. The molecule has 84 valence electrons. The summed E-state index contributed by atoms with van der Waals surface area (Å²) in [5.74, 6) is 0.700. The predicted molar refractivity (Wildman–Crippen MR) is 59.8 cm³/mol. The van der Waals surface area contributed by atoms with E-state index in [1.165, 1.54) is 25.9 Å². The second-order valence-corrected chi connectivity index (χ2v) is 4.46. The van der Waals surface area contributed by atoms with Crippen LogP contribution in [0.25, 0.3) is 0 Å². The molecule has 0 aliphatic carbocycles. The fourth-order valence-electron chi connectivity index (χ4n) is 2.43. The molecule has 2 aliphatic heterocycles. The molecule has 0 aromatic heterocycles. The average molecular weight is 221 g/mol. The van der Waals surface area contributed by atoms with Gasteiger partial charge in [-0.15, -0.1) is 12.4 Å². The van der Waals surface area contributed by atoms with Crippen LogP contribution in [0.4, 0.5) is 0 Å². The molecule has 1 N–H and O–H groups in total. The number of ether oxygens (including phenoxy) is 1. The van der Waals surface area contributed by atoms with Gasteiger partial charge in [0.1, 0.15) is 5.72 Å². The molecule has 0 radical (unpaired) electrons. The zero-order valence-corrected chi connectivity index (χ0v) is 9.90. The van der Waals surface area contributed by atoms with Crippen molar-refractivity contribution in [1.29, 1.82) is 0 Å². The van der Waals surface area contributed by atoms with Crippen molar-refractivity contribution in [2.45, 2.75) is 25.5 Å². The van der Waals surface area contributed by atoms with E-state index in [1.807, 2.05) is 0 Å². The largest absolute Gasteiger partial charge is 0.359 e.